The van der Waals surface area contributed by atoms with Gasteiger partial charge in [-0.25, -0.2) is 0 Å². The largest absolute Gasteiger partial charge is 0.266 e. The molecule has 0 aliphatic heterocycles. The van der Waals surface area contributed by atoms with E-state index >= 15 is 0 Å². The van der Waals surface area contributed by atoms with Crippen LogP contribution in [0.1, 0.15) is 20.8 Å². The molecule has 0 unspecified atom stereocenters. The van der Waals surface area contributed by atoms with Crippen LogP contribution in [0.25, 0.3) is 0 Å². The first-order valence-electron chi connectivity index (χ1n) is 2.99. The van der Waals surface area contributed by atoms with Gasteiger partial charge in [-0.15, -0.1) is 0 Å². The van der Waals surface area contributed by atoms with Gasteiger partial charge in [-0.2, -0.15) is 0 Å². The maximum atomic E-state index is 4.04. The van der Waals surface area contributed by atoms with Crippen molar-refractivity contribution >= 4 is 6.21 Å². The minimum absolute atomic E-state index is 1.00. The molecular weight excluding hydrogens is 110 g/mol. The van der Waals surface area contributed by atoms with Gasteiger partial charge in [0.2, 0.25) is 0 Å². The summed E-state index contributed by atoms with van der Waals surface area (Å²) in [6.45, 7) is 9.53. The molecule has 0 saturated carbocycles. The Balaban J connectivity index is 4.00. The van der Waals surface area contributed by atoms with Gasteiger partial charge in [0.15, 0.2) is 0 Å². The Morgan fingerprint density at radius 2 is 2.00 bits per heavy atom. The molecule has 0 rings (SSSR count). The summed E-state index contributed by atoms with van der Waals surface area (Å²) in [5.74, 6) is 0. The molecule has 0 aliphatic rings. The SMILES string of the molecule is C=C(C)/C=C(/C)N=CC. The van der Waals surface area contributed by atoms with E-state index in [0.29, 0.717) is 0 Å². The van der Waals surface area contributed by atoms with Gasteiger partial charge in [0.1, 0.15) is 0 Å². The summed E-state index contributed by atoms with van der Waals surface area (Å²) in [6, 6.07) is 0. The summed E-state index contributed by atoms with van der Waals surface area (Å²) >= 11 is 0. The summed E-state index contributed by atoms with van der Waals surface area (Å²) in [4.78, 5) is 4.04. The van der Waals surface area contributed by atoms with Gasteiger partial charge in [0.05, 0.1) is 0 Å². The van der Waals surface area contributed by atoms with Crippen LogP contribution in [0.2, 0.25) is 0 Å². The summed E-state index contributed by atoms with van der Waals surface area (Å²) in [5.41, 5.74) is 2.04. The van der Waals surface area contributed by atoms with Crippen molar-refractivity contribution in [1.29, 1.82) is 0 Å². The van der Waals surface area contributed by atoms with Crippen molar-refractivity contribution in [1.82, 2.24) is 0 Å². The van der Waals surface area contributed by atoms with E-state index in [1.54, 1.807) is 6.21 Å². The van der Waals surface area contributed by atoms with Crippen molar-refractivity contribution in [2.24, 2.45) is 4.99 Å². The maximum absolute atomic E-state index is 4.04. The number of rotatable bonds is 2. The first-order valence-corrected chi connectivity index (χ1v) is 2.99. The second kappa shape index (κ2) is 4.07. The smallest absolute Gasteiger partial charge is 0.0371 e. The second-order valence-electron chi connectivity index (χ2n) is 2.02. The number of allylic oxidation sites excluding steroid dienone is 3. The van der Waals surface area contributed by atoms with E-state index in [9.17, 15) is 0 Å². The Morgan fingerprint density at radius 3 is 2.33 bits per heavy atom. The number of nitrogens with zero attached hydrogens (tertiary/aromatic N) is 1. The second-order valence-corrected chi connectivity index (χ2v) is 2.02. The van der Waals surface area contributed by atoms with E-state index in [0.717, 1.165) is 11.3 Å². The molecule has 0 aliphatic carbocycles. The third kappa shape index (κ3) is 5.01. The van der Waals surface area contributed by atoms with E-state index < -0.39 is 0 Å². The van der Waals surface area contributed by atoms with Crippen molar-refractivity contribution in [3.63, 3.8) is 0 Å². The lowest BCUT2D eigenvalue weighted by Crippen LogP contribution is -1.70. The molecule has 0 aromatic rings. The minimum Gasteiger partial charge on any atom is -0.266 e. The average molecular weight is 123 g/mol. The molecule has 0 bridgehead atoms. The van der Waals surface area contributed by atoms with Crippen LogP contribution in [0.15, 0.2) is 28.9 Å². The van der Waals surface area contributed by atoms with Crippen molar-refractivity contribution in [2.75, 3.05) is 0 Å². The Labute approximate surface area is 56.8 Å². The molecule has 0 aromatic heterocycles. The fraction of sp³-hybridized carbons (Fsp3) is 0.375. The van der Waals surface area contributed by atoms with E-state index in [1.807, 2.05) is 26.8 Å². The summed E-state index contributed by atoms with van der Waals surface area (Å²) < 4.78 is 0. The number of hydrogen-bond donors (Lipinski definition) is 0. The quantitative estimate of drug-likeness (QED) is 0.395. The number of aliphatic imine (C=N–C) groups is 1. The zero-order valence-electron chi connectivity index (χ0n) is 6.31. The highest BCUT2D eigenvalue weighted by Gasteiger charge is 1.79. The lowest BCUT2D eigenvalue weighted by molar-refractivity contribution is 1.29. The van der Waals surface area contributed by atoms with Gasteiger partial charge in [-0.3, -0.25) is 4.99 Å². The fourth-order valence-electron chi connectivity index (χ4n) is 0.597. The highest BCUT2D eigenvalue weighted by molar-refractivity contribution is 5.55. The molecule has 0 heterocycles. The summed E-state index contributed by atoms with van der Waals surface area (Å²) in [5, 5.41) is 0. The van der Waals surface area contributed by atoms with Crippen molar-refractivity contribution in [3.05, 3.63) is 23.9 Å². The first-order chi connectivity index (χ1) is 4.16. The van der Waals surface area contributed by atoms with Gasteiger partial charge in [-0.05, 0) is 26.8 Å². The molecule has 9 heavy (non-hydrogen) atoms. The molecule has 0 N–H and O–H groups in total. The molecule has 0 saturated heterocycles. The standard InChI is InChI=1S/C8H13N/c1-5-9-8(4)6-7(2)3/h5-6H,2H2,1,3-4H3/b8-6-,9-5?. The van der Waals surface area contributed by atoms with Gasteiger partial charge >= 0.3 is 0 Å². The monoisotopic (exact) mass is 123 g/mol. The van der Waals surface area contributed by atoms with E-state index in [4.69, 9.17) is 0 Å². The van der Waals surface area contributed by atoms with Gasteiger partial charge in [-0.1, -0.05) is 12.2 Å². The van der Waals surface area contributed by atoms with E-state index in [-0.39, 0.29) is 0 Å². The van der Waals surface area contributed by atoms with Crippen LogP contribution in [-0.2, 0) is 0 Å². The molecule has 1 nitrogen and oxygen atoms in total. The Morgan fingerprint density at radius 1 is 1.44 bits per heavy atom. The maximum Gasteiger partial charge on any atom is 0.0371 e. The molecule has 0 fully saturated rings. The van der Waals surface area contributed by atoms with Crippen molar-refractivity contribution in [3.8, 4) is 0 Å². The van der Waals surface area contributed by atoms with Crippen LogP contribution in [0.3, 0.4) is 0 Å². The lowest BCUT2D eigenvalue weighted by atomic mass is 10.3. The predicted octanol–water partition coefficient (Wildman–Crippen LogP) is 2.56. The summed E-state index contributed by atoms with van der Waals surface area (Å²) in [6.07, 6.45) is 3.72. The zero-order valence-corrected chi connectivity index (χ0v) is 6.31. The predicted molar refractivity (Wildman–Crippen MR) is 42.7 cm³/mol. The fourth-order valence-corrected chi connectivity index (χ4v) is 0.597. The summed E-state index contributed by atoms with van der Waals surface area (Å²) in [7, 11) is 0. The van der Waals surface area contributed by atoms with Crippen LogP contribution < -0.4 is 0 Å². The van der Waals surface area contributed by atoms with Gasteiger partial charge in [0, 0.05) is 11.9 Å². The molecule has 0 amide bonds. The Hall–Kier alpha value is -0.850. The molecule has 1 heteroatoms. The third-order valence-electron chi connectivity index (χ3n) is 0.788. The molecular formula is C8H13N. The van der Waals surface area contributed by atoms with E-state index in [1.165, 1.54) is 0 Å². The topological polar surface area (TPSA) is 12.4 Å². The Bertz CT molecular complexity index is 152. The molecule has 0 aromatic carbocycles. The average Bonchev–Trinajstić information content (AvgIpc) is 1.63. The highest BCUT2D eigenvalue weighted by Crippen LogP contribution is 1.98. The van der Waals surface area contributed by atoms with Crippen molar-refractivity contribution < 1.29 is 0 Å². The van der Waals surface area contributed by atoms with Crippen molar-refractivity contribution in [2.45, 2.75) is 20.8 Å². The van der Waals surface area contributed by atoms with Crippen LogP contribution >= 0.6 is 0 Å². The van der Waals surface area contributed by atoms with Crippen LogP contribution in [0.4, 0.5) is 0 Å². The highest BCUT2D eigenvalue weighted by atomic mass is 14.7. The molecule has 0 spiro atoms. The van der Waals surface area contributed by atoms with Crippen LogP contribution in [0.5, 0.6) is 0 Å². The van der Waals surface area contributed by atoms with E-state index in [2.05, 4.69) is 11.6 Å². The van der Waals surface area contributed by atoms with Gasteiger partial charge < -0.3 is 0 Å². The van der Waals surface area contributed by atoms with Gasteiger partial charge in [0.25, 0.3) is 0 Å². The Kier molecular flexibility index (Phi) is 3.69. The molecule has 0 radical (unpaired) electrons. The van der Waals surface area contributed by atoms with Crippen LogP contribution in [0, 0.1) is 0 Å². The molecule has 0 atom stereocenters. The zero-order chi connectivity index (χ0) is 7.28. The minimum atomic E-state index is 1.00. The normalized spacial score (nSPS) is 12.6. The third-order valence-corrected chi connectivity index (χ3v) is 0.788. The first kappa shape index (κ1) is 8.15. The molecule has 50 valence electrons. The number of hydrogen-bond acceptors (Lipinski definition) is 1. The van der Waals surface area contributed by atoms with Crippen LogP contribution in [-0.4, -0.2) is 6.21 Å². The lowest BCUT2D eigenvalue weighted by Gasteiger charge is -1.88.